The van der Waals surface area contributed by atoms with Gasteiger partial charge in [-0.1, -0.05) is 11.6 Å². The first-order valence-corrected chi connectivity index (χ1v) is 11.0. The molecule has 1 N–H and O–H groups in total. The number of amides is 1. The van der Waals surface area contributed by atoms with Gasteiger partial charge in [-0.3, -0.25) is 4.79 Å². The van der Waals surface area contributed by atoms with Crippen molar-refractivity contribution in [2.75, 3.05) is 26.2 Å². The Hall–Kier alpha value is -2.91. The second-order valence-electron chi connectivity index (χ2n) is 8.02. The molecule has 32 heavy (non-hydrogen) atoms. The Balaban J connectivity index is 1.57. The Labute approximate surface area is 189 Å². The molecule has 2 aliphatic rings. The van der Waals surface area contributed by atoms with Crippen molar-refractivity contribution in [1.29, 1.82) is 0 Å². The van der Waals surface area contributed by atoms with Gasteiger partial charge in [-0.2, -0.15) is 10.1 Å². The van der Waals surface area contributed by atoms with Crippen molar-refractivity contribution in [3.8, 4) is 11.6 Å². The third kappa shape index (κ3) is 3.86. The normalized spacial score (nSPS) is 21.5. The monoisotopic (exact) mass is 459 g/mol. The number of hydrogen-bond acceptors (Lipinski definition) is 6. The number of carbonyl (C=O) groups is 1. The number of nitrogens with one attached hydrogen (secondary N) is 1. The molecule has 10 heteroatoms. The Morgan fingerprint density at radius 3 is 3.03 bits per heavy atom. The number of aromatic nitrogens is 3. The molecule has 2 unspecified atom stereocenters. The number of ether oxygens (including phenoxy) is 2. The van der Waals surface area contributed by atoms with E-state index in [-0.39, 0.29) is 29.5 Å². The number of benzene rings is 1. The van der Waals surface area contributed by atoms with E-state index in [1.165, 1.54) is 22.8 Å². The first-order valence-electron chi connectivity index (χ1n) is 10.7. The molecule has 2 aromatic heterocycles. The molecule has 2 aliphatic heterocycles. The molecule has 3 aromatic rings. The highest BCUT2D eigenvalue weighted by Crippen LogP contribution is 2.36. The number of fused-ring (bicyclic) bond motifs is 2. The maximum absolute atomic E-state index is 14.2. The van der Waals surface area contributed by atoms with E-state index in [0.717, 1.165) is 19.4 Å². The van der Waals surface area contributed by atoms with E-state index in [1.54, 1.807) is 24.1 Å². The van der Waals surface area contributed by atoms with Gasteiger partial charge in [0.2, 0.25) is 5.88 Å². The summed E-state index contributed by atoms with van der Waals surface area (Å²) in [5.74, 6) is -0.0429. The van der Waals surface area contributed by atoms with Crippen LogP contribution in [0.3, 0.4) is 0 Å². The van der Waals surface area contributed by atoms with Crippen LogP contribution in [0.15, 0.2) is 30.6 Å². The van der Waals surface area contributed by atoms with E-state index in [0.29, 0.717) is 35.6 Å². The zero-order valence-electron chi connectivity index (χ0n) is 17.6. The highest BCUT2D eigenvalue weighted by atomic mass is 35.5. The summed E-state index contributed by atoms with van der Waals surface area (Å²) >= 11 is 6.28. The number of nitrogens with zero attached hydrogens (tertiary/aromatic N) is 4. The van der Waals surface area contributed by atoms with E-state index >= 15 is 0 Å². The van der Waals surface area contributed by atoms with Crippen molar-refractivity contribution in [2.24, 2.45) is 0 Å². The predicted octanol–water partition coefficient (Wildman–Crippen LogP) is 3.25. The van der Waals surface area contributed by atoms with E-state index in [1.807, 2.05) is 0 Å². The van der Waals surface area contributed by atoms with Crippen molar-refractivity contribution in [1.82, 2.24) is 24.8 Å². The molecule has 168 valence electrons. The van der Waals surface area contributed by atoms with Crippen LogP contribution < -0.4 is 14.8 Å². The lowest BCUT2D eigenvalue weighted by molar-refractivity contribution is 0.0716. The average Bonchev–Trinajstić information content (AvgIpc) is 3.44. The van der Waals surface area contributed by atoms with Gasteiger partial charge >= 0.3 is 0 Å². The molecular weight excluding hydrogens is 437 g/mol. The first-order chi connectivity index (χ1) is 15.5. The van der Waals surface area contributed by atoms with Gasteiger partial charge in [0.1, 0.15) is 29.8 Å². The maximum Gasteiger partial charge on any atom is 0.259 e. The minimum absolute atomic E-state index is 0.0564. The quantitative estimate of drug-likeness (QED) is 0.633. The lowest BCUT2D eigenvalue weighted by Gasteiger charge is -2.26. The lowest BCUT2D eigenvalue weighted by atomic mass is 10.1. The van der Waals surface area contributed by atoms with Crippen molar-refractivity contribution in [3.05, 3.63) is 52.6 Å². The molecule has 5 rings (SSSR count). The summed E-state index contributed by atoms with van der Waals surface area (Å²) in [6.45, 7) is 3.80. The summed E-state index contributed by atoms with van der Waals surface area (Å²) in [6, 6.07) is 4.66. The highest BCUT2D eigenvalue weighted by Gasteiger charge is 2.27. The fraction of sp³-hybridized carbons (Fsp3) is 0.409. The zero-order valence-corrected chi connectivity index (χ0v) is 18.3. The van der Waals surface area contributed by atoms with Crippen LogP contribution in [0.4, 0.5) is 4.39 Å². The molecule has 0 radical (unpaired) electrons. The fourth-order valence-electron chi connectivity index (χ4n) is 4.25. The highest BCUT2D eigenvalue weighted by molar-refractivity contribution is 6.31. The largest absolute Gasteiger partial charge is 0.491 e. The molecule has 1 amide bonds. The van der Waals surface area contributed by atoms with Gasteiger partial charge in [0.05, 0.1) is 23.3 Å². The zero-order chi connectivity index (χ0) is 22.2. The Bertz CT molecular complexity index is 1160. The summed E-state index contributed by atoms with van der Waals surface area (Å²) in [4.78, 5) is 19.7. The molecule has 2 atom stereocenters. The molecule has 0 saturated carbocycles. The SMILES string of the molecule is CC1Oc2ccn3ncc(c3n2)C(=O)N(CC2CCCN2)CCOc2ccc(F)c(Cl)c21. The van der Waals surface area contributed by atoms with E-state index in [4.69, 9.17) is 21.1 Å². The molecule has 1 aromatic carbocycles. The third-order valence-corrected chi connectivity index (χ3v) is 6.26. The smallest absolute Gasteiger partial charge is 0.259 e. The molecular formula is C22H23ClFN5O3. The van der Waals surface area contributed by atoms with Crippen LogP contribution in [-0.4, -0.2) is 57.7 Å². The summed E-state index contributed by atoms with van der Waals surface area (Å²) in [5, 5.41) is 7.64. The van der Waals surface area contributed by atoms with Crippen LogP contribution >= 0.6 is 11.6 Å². The number of hydrogen-bond donors (Lipinski definition) is 1. The van der Waals surface area contributed by atoms with Gasteiger partial charge in [-0.15, -0.1) is 0 Å². The third-order valence-electron chi connectivity index (χ3n) is 5.88. The Kier molecular flexibility index (Phi) is 5.60. The van der Waals surface area contributed by atoms with E-state index in [9.17, 15) is 9.18 Å². The molecule has 0 spiro atoms. The fourth-order valence-corrected chi connectivity index (χ4v) is 4.56. The second-order valence-corrected chi connectivity index (χ2v) is 8.40. The van der Waals surface area contributed by atoms with Crippen LogP contribution in [0.2, 0.25) is 5.02 Å². The number of rotatable bonds is 2. The Morgan fingerprint density at radius 1 is 1.34 bits per heavy atom. The minimum Gasteiger partial charge on any atom is -0.491 e. The van der Waals surface area contributed by atoms with Crippen molar-refractivity contribution in [3.63, 3.8) is 0 Å². The van der Waals surface area contributed by atoms with Crippen LogP contribution in [-0.2, 0) is 0 Å². The predicted molar refractivity (Wildman–Crippen MR) is 116 cm³/mol. The van der Waals surface area contributed by atoms with Crippen molar-refractivity contribution < 1.29 is 18.7 Å². The number of carbonyl (C=O) groups excluding carboxylic acids is 1. The van der Waals surface area contributed by atoms with Crippen LogP contribution in [0.5, 0.6) is 11.6 Å². The van der Waals surface area contributed by atoms with Crippen molar-refractivity contribution >= 4 is 23.2 Å². The molecule has 1 fully saturated rings. The van der Waals surface area contributed by atoms with Crippen LogP contribution in [0, 0.1) is 5.82 Å². The maximum atomic E-state index is 14.2. The summed E-state index contributed by atoms with van der Waals surface area (Å²) in [6.07, 6.45) is 4.65. The minimum atomic E-state index is -0.634. The van der Waals surface area contributed by atoms with Gasteiger partial charge < -0.3 is 19.7 Å². The second kappa shape index (κ2) is 8.55. The van der Waals surface area contributed by atoms with Gasteiger partial charge in [0.25, 0.3) is 5.91 Å². The molecule has 0 aliphatic carbocycles. The molecule has 8 nitrogen and oxygen atoms in total. The first kappa shape index (κ1) is 21.0. The van der Waals surface area contributed by atoms with Crippen molar-refractivity contribution in [2.45, 2.75) is 31.9 Å². The Morgan fingerprint density at radius 2 is 2.22 bits per heavy atom. The summed E-state index contributed by atoms with van der Waals surface area (Å²) in [7, 11) is 0. The average molecular weight is 460 g/mol. The molecule has 2 bridgehead atoms. The van der Waals surface area contributed by atoms with Gasteiger partial charge in [-0.05, 0) is 38.4 Å². The van der Waals surface area contributed by atoms with E-state index < -0.39 is 11.9 Å². The van der Waals surface area contributed by atoms with Gasteiger partial charge in [0, 0.05) is 24.8 Å². The number of halogens is 2. The van der Waals surface area contributed by atoms with Gasteiger partial charge in [-0.25, -0.2) is 8.91 Å². The molecule has 1 saturated heterocycles. The summed E-state index contributed by atoms with van der Waals surface area (Å²) < 4.78 is 27.7. The molecule has 4 heterocycles. The van der Waals surface area contributed by atoms with Gasteiger partial charge in [0.15, 0.2) is 5.65 Å². The standard InChI is InChI=1S/C22H23ClFN5O3/c1-13-19-17(5-4-16(24)20(19)23)31-10-9-28(12-14-3-2-7-25-14)22(30)15-11-26-29-8-6-18(32-13)27-21(15)29/h4-6,8,11,13-14,25H,2-3,7,9-10,12H2,1H3. The topological polar surface area (TPSA) is 81.0 Å². The van der Waals surface area contributed by atoms with Crippen LogP contribution in [0.25, 0.3) is 5.65 Å². The lowest BCUT2D eigenvalue weighted by Crippen LogP contribution is -2.43. The van der Waals surface area contributed by atoms with Crippen LogP contribution in [0.1, 0.15) is 41.8 Å². The summed E-state index contributed by atoms with van der Waals surface area (Å²) in [5.41, 5.74) is 1.19. The van der Waals surface area contributed by atoms with E-state index in [2.05, 4.69) is 15.4 Å².